The first kappa shape index (κ1) is 9.74. The molecule has 0 radical (unpaired) electrons. The van der Waals surface area contributed by atoms with Crippen molar-refractivity contribution in [2.45, 2.75) is 13.5 Å². The molecule has 3 heteroatoms. The average Bonchev–Trinajstić information content (AvgIpc) is 2.17. The van der Waals surface area contributed by atoms with E-state index in [0.717, 1.165) is 11.1 Å². The van der Waals surface area contributed by atoms with Gasteiger partial charge in [0.15, 0.2) is 0 Å². The second-order valence-electron chi connectivity index (χ2n) is 2.93. The lowest BCUT2D eigenvalue weighted by Crippen LogP contribution is -2.19. The number of aryl methyl sites for hydroxylation is 1. The van der Waals surface area contributed by atoms with Gasteiger partial charge in [-0.3, -0.25) is 4.79 Å². The predicted octanol–water partition coefficient (Wildman–Crippen LogP) is 0.813. The molecular formula is C10H14N2O. The first-order chi connectivity index (χ1) is 6.19. The van der Waals surface area contributed by atoms with Crippen LogP contribution in [0.3, 0.4) is 0 Å². The second kappa shape index (κ2) is 4.05. The number of carbonyl (C=O) groups excluding carboxylic acids is 1. The monoisotopic (exact) mass is 178 g/mol. The average molecular weight is 178 g/mol. The van der Waals surface area contributed by atoms with Gasteiger partial charge in [0, 0.05) is 19.2 Å². The topological polar surface area (TPSA) is 55.1 Å². The Morgan fingerprint density at radius 1 is 1.54 bits per heavy atom. The zero-order valence-electron chi connectivity index (χ0n) is 7.92. The Hall–Kier alpha value is -1.35. The quantitative estimate of drug-likeness (QED) is 0.704. The van der Waals surface area contributed by atoms with Gasteiger partial charge in [0.25, 0.3) is 5.91 Å². The van der Waals surface area contributed by atoms with Crippen molar-refractivity contribution in [3.8, 4) is 0 Å². The van der Waals surface area contributed by atoms with Crippen LogP contribution in [0.4, 0.5) is 0 Å². The number of rotatable bonds is 2. The number of nitrogens with two attached hydrogens (primary N) is 1. The van der Waals surface area contributed by atoms with E-state index >= 15 is 0 Å². The van der Waals surface area contributed by atoms with Crippen molar-refractivity contribution in [1.82, 2.24) is 5.32 Å². The summed E-state index contributed by atoms with van der Waals surface area (Å²) < 4.78 is 0. The van der Waals surface area contributed by atoms with E-state index in [4.69, 9.17) is 5.73 Å². The van der Waals surface area contributed by atoms with Crippen molar-refractivity contribution in [2.24, 2.45) is 5.73 Å². The van der Waals surface area contributed by atoms with Crippen LogP contribution < -0.4 is 11.1 Å². The van der Waals surface area contributed by atoms with E-state index in [-0.39, 0.29) is 5.91 Å². The van der Waals surface area contributed by atoms with Gasteiger partial charge < -0.3 is 11.1 Å². The standard InChI is InChI=1S/C10H14N2O/c1-7-3-4-8(6-11)5-9(7)10(13)12-2/h3-5H,6,11H2,1-2H3,(H,12,13). The number of nitrogens with one attached hydrogen (secondary N) is 1. The molecule has 3 N–H and O–H groups in total. The first-order valence-electron chi connectivity index (χ1n) is 4.20. The summed E-state index contributed by atoms with van der Waals surface area (Å²) in [6.45, 7) is 2.37. The Balaban J connectivity index is 3.11. The van der Waals surface area contributed by atoms with Crippen molar-refractivity contribution in [3.63, 3.8) is 0 Å². The van der Waals surface area contributed by atoms with Crippen LogP contribution in [-0.4, -0.2) is 13.0 Å². The fourth-order valence-electron chi connectivity index (χ4n) is 1.18. The summed E-state index contributed by atoms with van der Waals surface area (Å²) >= 11 is 0. The van der Waals surface area contributed by atoms with Crippen LogP contribution in [-0.2, 0) is 6.54 Å². The molecule has 0 aliphatic carbocycles. The summed E-state index contributed by atoms with van der Waals surface area (Å²) in [5.41, 5.74) is 8.12. The molecule has 0 aliphatic rings. The van der Waals surface area contributed by atoms with Gasteiger partial charge in [-0.25, -0.2) is 0 Å². The third kappa shape index (κ3) is 2.06. The molecule has 1 amide bonds. The molecule has 0 aromatic heterocycles. The largest absolute Gasteiger partial charge is 0.355 e. The van der Waals surface area contributed by atoms with Crippen LogP contribution in [0.5, 0.6) is 0 Å². The summed E-state index contributed by atoms with van der Waals surface area (Å²) in [4.78, 5) is 11.4. The number of benzene rings is 1. The highest BCUT2D eigenvalue weighted by Gasteiger charge is 2.06. The highest BCUT2D eigenvalue weighted by molar-refractivity contribution is 5.95. The molecule has 1 aromatic carbocycles. The maximum absolute atomic E-state index is 11.4. The highest BCUT2D eigenvalue weighted by Crippen LogP contribution is 2.10. The molecular weight excluding hydrogens is 164 g/mol. The smallest absolute Gasteiger partial charge is 0.251 e. The lowest BCUT2D eigenvalue weighted by atomic mass is 10.0. The van der Waals surface area contributed by atoms with Crippen molar-refractivity contribution < 1.29 is 4.79 Å². The number of amides is 1. The Kier molecular flexibility index (Phi) is 3.03. The molecule has 0 bridgehead atoms. The van der Waals surface area contributed by atoms with E-state index in [9.17, 15) is 4.79 Å². The molecule has 0 atom stereocenters. The SMILES string of the molecule is CNC(=O)c1cc(CN)ccc1C. The molecule has 1 rings (SSSR count). The molecule has 1 aromatic rings. The maximum Gasteiger partial charge on any atom is 0.251 e. The fraction of sp³-hybridized carbons (Fsp3) is 0.300. The predicted molar refractivity (Wildman–Crippen MR) is 52.5 cm³/mol. The minimum atomic E-state index is -0.0622. The molecule has 70 valence electrons. The van der Waals surface area contributed by atoms with Crippen LogP contribution in [0, 0.1) is 6.92 Å². The van der Waals surface area contributed by atoms with Gasteiger partial charge in [0.2, 0.25) is 0 Å². The Bertz CT molecular complexity index is 321. The van der Waals surface area contributed by atoms with Gasteiger partial charge in [0.1, 0.15) is 0 Å². The normalized spacial score (nSPS) is 9.77. The molecule has 3 nitrogen and oxygen atoms in total. The first-order valence-corrected chi connectivity index (χ1v) is 4.20. The summed E-state index contributed by atoms with van der Waals surface area (Å²) in [6, 6.07) is 5.67. The number of hydrogen-bond acceptors (Lipinski definition) is 2. The van der Waals surface area contributed by atoms with Crippen LogP contribution in [0.15, 0.2) is 18.2 Å². The van der Waals surface area contributed by atoms with Gasteiger partial charge in [-0.2, -0.15) is 0 Å². The van der Waals surface area contributed by atoms with Gasteiger partial charge >= 0.3 is 0 Å². The summed E-state index contributed by atoms with van der Waals surface area (Å²) in [7, 11) is 1.62. The molecule has 13 heavy (non-hydrogen) atoms. The number of hydrogen-bond donors (Lipinski definition) is 2. The molecule has 0 aliphatic heterocycles. The Labute approximate surface area is 77.9 Å². The van der Waals surface area contributed by atoms with Crippen molar-refractivity contribution >= 4 is 5.91 Å². The molecule has 0 spiro atoms. The minimum Gasteiger partial charge on any atom is -0.355 e. The molecule has 0 fully saturated rings. The molecule has 0 unspecified atom stereocenters. The van der Waals surface area contributed by atoms with Crippen LogP contribution in [0.25, 0.3) is 0 Å². The van der Waals surface area contributed by atoms with E-state index in [0.29, 0.717) is 12.1 Å². The Morgan fingerprint density at radius 2 is 2.23 bits per heavy atom. The zero-order chi connectivity index (χ0) is 9.84. The fourth-order valence-corrected chi connectivity index (χ4v) is 1.18. The third-order valence-corrected chi connectivity index (χ3v) is 2.01. The van der Waals surface area contributed by atoms with Crippen molar-refractivity contribution in [1.29, 1.82) is 0 Å². The lowest BCUT2D eigenvalue weighted by Gasteiger charge is -2.05. The minimum absolute atomic E-state index is 0.0622. The molecule has 0 heterocycles. The third-order valence-electron chi connectivity index (χ3n) is 2.01. The van der Waals surface area contributed by atoms with E-state index in [1.54, 1.807) is 7.05 Å². The van der Waals surface area contributed by atoms with Gasteiger partial charge in [-0.1, -0.05) is 12.1 Å². The van der Waals surface area contributed by atoms with Crippen LogP contribution in [0.2, 0.25) is 0 Å². The van der Waals surface area contributed by atoms with E-state index in [1.165, 1.54) is 0 Å². The van der Waals surface area contributed by atoms with Gasteiger partial charge in [-0.05, 0) is 24.1 Å². The molecule has 0 saturated heterocycles. The van der Waals surface area contributed by atoms with E-state index in [1.807, 2.05) is 25.1 Å². The van der Waals surface area contributed by atoms with Crippen LogP contribution >= 0.6 is 0 Å². The lowest BCUT2D eigenvalue weighted by molar-refractivity contribution is 0.0962. The van der Waals surface area contributed by atoms with Crippen LogP contribution in [0.1, 0.15) is 21.5 Å². The summed E-state index contributed by atoms with van der Waals surface area (Å²) in [5, 5.41) is 2.59. The second-order valence-corrected chi connectivity index (χ2v) is 2.93. The molecule has 0 saturated carbocycles. The van der Waals surface area contributed by atoms with Crippen molar-refractivity contribution in [3.05, 3.63) is 34.9 Å². The number of carbonyl (C=O) groups is 1. The van der Waals surface area contributed by atoms with Gasteiger partial charge in [-0.15, -0.1) is 0 Å². The van der Waals surface area contributed by atoms with E-state index < -0.39 is 0 Å². The summed E-state index contributed by atoms with van der Waals surface area (Å²) in [5.74, 6) is -0.0622. The van der Waals surface area contributed by atoms with Crippen molar-refractivity contribution in [2.75, 3.05) is 7.05 Å². The highest BCUT2D eigenvalue weighted by atomic mass is 16.1. The zero-order valence-corrected chi connectivity index (χ0v) is 7.92. The van der Waals surface area contributed by atoms with E-state index in [2.05, 4.69) is 5.32 Å². The maximum atomic E-state index is 11.4. The summed E-state index contributed by atoms with van der Waals surface area (Å²) in [6.07, 6.45) is 0. The van der Waals surface area contributed by atoms with Gasteiger partial charge in [0.05, 0.1) is 0 Å². The Morgan fingerprint density at radius 3 is 2.77 bits per heavy atom.